The molecule has 29 heavy (non-hydrogen) atoms. The molecule has 0 saturated carbocycles. The standard InChI is InChI=1S/C21H27N7O/c1-15(2)28-14-24-18-11-16(5-6-17(18)21(28)29)26-7-9-27(10-8-26)20-12-19(25(3)4)22-13-23-20/h5-6,11-15H,7-10H2,1-4H3. The van der Waals surface area contributed by atoms with Gasteiger partial charge in [-0.2, -0.15) is 0 Å². The maximum absolute atomic E-state index is 12.6. The summed E-state index contributed by atoms with van der Waals surface area (Å²) in [6, 6.07) is 8.07. The van der Waals surface area contributed by atoms with E-state index in [1.54, 1.807) is 17.2 Å². The summed E-state index contributed by atoms with van der Waals surface area (Å²) in [5.74, 6) is 1.86. The molecule has 1 aliphatic rings. The van der Waals surface area contributed by atoms with Crippen molar-refractivity contribution in [3.05, 3.63) is 47.3 Å². The highest BCUT2D eigenvalue weighted by atomic mass is 16.1. The Bertz CT molecular complexity index is 1070. The van der Waals surface area contributed by atoms with E-state index in [9.17, 15) is 4.79 Å². The molecule has 0 aliphatic carbocycles. The molecule has 1 fully saturated rings. The topological polar surface area (TPSA) is 70.4 Å². The Morgan fingerprint density at radius 3 is 2.38 bits per heavy atom. The number of hydrogen-bond donors (Lipinski definition) is 0. The Morgan fingerprint density at radius 2 is 1.69 bits per heavy atom. The van der Waals surface area contributed by atoms with Crippen LogP contribution in [0.2, 0.25) is 0 Å². The average Bonchev–Trinajstić information content (AvgIpc) is 2.73. The number of hydrogen-bond acceptors (Lipinski definition) is 7. The van der Waals surface area contributed by atoms with Crippen molar-refractivity contribution in [1.82, 2.24) is 19.5 Å². The molecule has 0 unspecified atom stereocenters. The Morgan fingerprint density at radius 1 is 0.966 bits per heavy atom. The van der Waals surface area contributed by atoms with E-state index in [0.29, 0.717) is 5.39 Å². The van der Waals surface area contributed by atoms with E-state index >= 15 is 0 Å². The summed E-state index contributed by atoms with van der Waals surface area (Å²) >= 11 is 0. The molecule has 0 radical (unpaired) electrons. The smallest absolute Gasteiger partial charge is 0.261 e. The second-order valence-corrected chi connectivity index (χ2v) is 7.86. The van der Waals surface area contributed by atoms with Gasteiger partial charge in [0.05, 0.1) is 17.2 Å². The molecule has 4 rings (SSSR count). The third-order valence-electron chi connectivity index (χ3n) is 5.39. The van der Waals surface area contributed by atoms with Crippen molar-refractivity contribution < 1.29 is 0 Å². The van der Waals surface area contributed by atoms with Crippen LogP contribution in [0.5, 0.6) is 0 Å². The molecule has 1 saturated heterocycles. The minimum Gasteiger partial charge on any atom is -0.368 e. The molecule has 1 aromatic carbocycles. The number of rotatable bonds is 4. The van der Waals surface area contributed by atoms with Gasteiger partial charge in [-0.25, -0.2) is 15.0 Å². The summed E-state index contributed by atoms with van der Waals surface area (Å²) in [5.41, 5.74) is 1.86. The third kappa shape index (κ3) is 3.74. The van der Waals surface area contributed by atoms with Crippen LogP contribution in [0, 0.1) is 0 Å². The first-order valence-electron chi connectivity index (χ1n) is 9.94. The Hall–Kier alpha value is -3.16. The van der Waals surface area contributed by atoms with Gasteiger partial charge in [0.25, 0.3) is 5.56 Å². The van der Waals surface area contributed by atoms with Crippen molar-refractivity contribution in [3.8, 4) is 0 Å². The van der Waals surface area contributed by atoms with Crippen molar-refractivity contribution in [1.29, 1.82) is 0 Å². The fraction of sp³-hybridized carbons (Fsp3) is 0.429. The highest BCUT2D eigenvalue weighted by molar-refractivity contribution is 5.81. The summed E-state index contributed by atoms with van der Waals surface area (Å²) in [6.07, 6.45) is 3.27. The molecule has 8 heteroatoms. The number of fused-ring (bicyclic) bond motifs is 1. The third-order valence-corrected chi connectivity index (χ3v) is 5.39. The summed E-state index contributed by atoms with van der Waals surface area (Å²) in [6.45, 7) is 7.50. The lowest BCUT2D eigenvalue weighted by molar-refractivity contribution is 0.573. The lowest BCUT2D eigenvalue weighted by Gasteiger charge is -2.36. The second-order valence-electron chi connectivity index (χ2n) is 7.86. The lowest BCUT2D eigenvalue weighted by atomic mass is 10.2. The molecule has 8 nitrogen and oxygen atoms in total. The van der Waals surface area contributed by atoms with Crippen LogP contribution in [0.25, 0.3) is 10.9 Å². The maximum atomic E-state index is 12.6. The van der Waals surface area contributed by atoms with Crippen LogP contribution < -0.4 is 20.3 Å². The van der Waals surface area contributed by atoms with Gasteiger partial charge in [0.1, 0.15) is 18.0 Å². The molecule has 3 aromatic rings. The molecular formula is C21H27N7O. The lowest BCUT2D eigenvalue weighted by Crippen LogP contribution is -2.46. The fourth-order valence-electron chi connectivity index (χ4n) is 3.64. The largest absolute Gasteiger partial charge is 0.368 e. The second kappa shape index (κ2) is 7.69. The molecule has 0 N–H and O–H groups in total. The van der Waals surface area contributed by atoms with Crippen molar-refractivity contribution in [2.24, 2.45) is 0 Å². The van der Waals surface area contributed by atoms with Gasteiger partial charge in [0.15, 0.2) is 0 Å². The Balaban J connectivity index is 1.51. The first-order chi connectivity index (χ1) is 13.9. The van der Waals surface area contributed by atoms with Crippen LogP contribution in [-0.2, 0) is 0 Å². The van der Waals surface area contributed by atoms with Crippen LogP contribution >= 0.6 is 0 Å². The number of aromatic nitrogens is 4. The Labute approximate surface area is 170 Å². The van der Waals surface area contributed by atoms with E-state index in [1.807, 2.05) is 57.1 Å². The van der Waals surface area contributed by atoms with Crippen molar-refractivity contribution >= 4 is 28.2 Å². The highest BCUT2D eigenvalue weighted by Gasteiger charge is 2.20. The summed E-state index contributed by atoms with van der Waals surface area (Å²) in [5, 5.41) is 0.667. The number of piperazine rings is 1. The predicted molar refractivity (Wildman–Crippen MR) is 117 cm³/mol. The van der Waals surface area contributed by atoms with Gasteiger partial charge in [0.2, 0.25) is 0 Å². The first kappa shape index (κ1) is 19.2. The van der Waals surface area contributed by atoms with Crippen LogP contribution in [0.3, 0.4) is 0 Å². The zero-order valence-corrected chi connectivity index (χ0v) is 17.4. The average molecular weight is 393 g/mol. The normalized spacial score (nSPS) is 14.7. The first-order valence-corrected chi connectivity index (χ1v) is 9.94. The highest BCUT2D eigenvalue weighted by Crippen LogP contribution is 2.23. The van der Waals surface area contributed by atoms with E-state index in [1.165, 1.54) is 0 Å². The zero-order valence-electron chi connectivity index (χ0n) is 17.4. The molecule has 1 aliphatic heterocycles. The minimum absolute atomic E-state index is 0.0156. The Kier molecular flexibility index (Phi) is 5.08. The fourth-order valence-corrected chi connectivity index (χ4v) is 3.64. The maximum Gasteiger partial charge on any atom is 0.261 e. The van der Waals surface area contributed by atoms with E-state index in [4.69, 9.17) is 0 Å². The van der Waals surface area contributed by atoms with Gasteiger partial charge in [0, 0.05) is 58.1 Å². The molecule has 3 heterocycles. The van der Waals surface area contributed by atoms with E-state index in [2.05, 4.69) is 24.8 Å². The molecule has 0 atom stereocenters. The predicted octanol–water partition coefficient (Wildman–Crippen LogP) is 2.16. The van der Waals surface area contributed by atoms with E-state index < -0.39 is 0 Å². The van der Waals surface area contributed by atoms with Gasteiger partial charge < -0.3 is 14.7 Å². The molecule has 0 bridgehead atoms. The van der Waals surface area contributed by atoms with Crippen LogP contribution in [0.1, 0.15) is 19.9 Å². The van der Waals surface area contributed by atoms with Crippen molar-refractivity contribution in [2.45, 2.75) is 19.9 Å². The van der Waals surface area contributed by atoms with Crippen LogP contribution in [0.15, 0.2) is 41.7 Å². The SMILES string of the molecule is CC(C)n1cnc2cc(N3CCN(c4cc(N(C)C)ncn4)CC3)ccc2c1=O. The summed E-state index contributed by atoms with van der Waals surface area (Å²) in [4.78, 5) is 32.5. The number of benzene rings is 1. The summed E-state index contributed by atoms with van der Waals surface area (Å²) in [7, 11) is 3.96. The van der Waals surface area contributed by atoms with Gasteiger partial charge >= 0.3 is 0 Å². The summed E-state index contributed by atoms with van der Waals surface area (Å²) < 4.78 is 1.67. The molecule has 0 amide bonds. The van der Waals surface area contributed by atoms with Gasteiger partial charge in [-0.05, 0) is 32.0 Å². The zero-order chi connectivity index (χ0) is 20.5. The van der Waals surface area contributed by atoms with Crippen LogP contribution in [0.4, 0.5) is 17.3 Å². The molecule has 152 valence electrons. The quantitative estimate of drug-likeness (QED) is 0.673. The monoisotopic (exact) mass is 393 g/mol. The van der Waals surface area contributed by atoms with Gasteiger partial charge in [-0.1, -0.05) is 0 Å². The van der Waals surface area contributed by atoms with Gasteiger partial charge in [-0.15, -0.1) is 0 Å². The van der Waals surface area contributed by atoms with Gasteiger partial charge in [-0.3, -0.25) is 9.36 Å². The van der Waals surface area contributed by atoms with E-state index in [-0.39, 0.29) is 11.6 Å². The van der Waals surface area contributed by atoms with Crippen LogP contribution in [-0.4, -0.2) is 59.8 Å². The van der Waals surface area contributed by atoms with Crippen molar-refractivity contribution in [3.63, 3.8) is 0 Å². The molecular weight excluding hydrogens is 366 g/mol. The molecule has 0 spiro atoms. The molecule has 2 aromatic heterocycles. The minimum atomic E-state index is 0.0156. The number of nitrogens with zero attached hydrogens (tertiary/aromatic N) is 7. The number of anilines is 3. The van der Waals surface area contributed by atoms with Crippen molar-refractivity contribution in [2.75, 3.05) is 55.0 Å². The van der Waals surface area contributed by atoms with E-state index in [0.717, 1.165) is 49.0 Å².